The second-order valence-electron chi connectivity index (χ2n) is 4.71. The summed E-state index contributed by atoms with van der Waals surface area (Å²) in [5.41, 5.74) is 6.03. The van der Waals surface area contributed by atoms with Crippen LogP contribution in [0.2, 0.25) is 0 Å². The lowest BCUT2D eigenvalue weighted by Crippen LogP contribution is -2.06. The van der Waals surface area contributed by atoms with Gasteiger partial charge in [-0.05, 0) is 35.7 Å². The first-order valence-electron chi connectivity index (χ1n) is 6.35. The molecule has 0 spiro atoms. The van der Waals surface area contributed by atoms with E-state index in [4.69, 9.17) is 5.73 Å². The maximum atomic E-state index is 13.8. The minimum atomic E-state index is -0.650. The zero-order valence-corrected chi connectivity index (χ0v) is 10.9. The molecule has 3 aromatic carbocycles. The molecule has 0 amide bonds. The number of ketones is 1. The maximum absolute atomic E-state index is 13.8. The second-order valence-corrected chi connectivity index (χ2v) is 4.71. The molecule has 0 aliphatic heterocycles. The van der Waals surface area contributed by atoms with Gasteiger partial charge in [-0.15, -0.1) is 0 Å². The fourth-order valence-corrected chi connectivity index (χ4v) is 2.32. The highest BCUT2D eigenvalue weighted by Crippen LogP contribution is 2.25. The number of anilines is 1. The van der Waals surface area contributed by atoms with E-state index in [0.717, 1.165) is 6.07 Å². The van der Waals surface area contributed by atoms with Crippen molar-refractivity contribution in [1.29, 1.82) is 0 Å². The van der Waals surface area contributed by atoms with Crippen molar-refractivity contribution in [2.75, 3.05) is 5.73 Å². The second kappa shape index (κ2) is 4.98. The zero-order valence-electron chi connectivity index (χ0n) is 10.9. The molecule has 0 bridgehead atoms. The van der Waals surface area contributed by atoms with Gasteiger partial charge in [0, 0.05) is 16.6 Å². The lowest BCUT2D eigenvalue weighted by atomic mass is 9.96. The van der Waals surface area contributed by atoms with E-state index in [1.54, 1.807) is 24.3 Å². The minimum absolute atomic E-state index is 0.119. The van der Waals surface area contributed by atoms with Crippen LogP contribution in [0.3, 0.4) is 0 Å². The van der Waals surface area contributed by atoms with Crippen LogP contribution in [-0.2, 0) is 0 Å². The molecular weight excluding hydrogens is 272 g/mol. The molecule has 0 aliphatic rings. The average molecular weight is 283 g/mol. The molecule has 0 heterocycles. The average Bonchev–Trinajstić information content (AvgIpc) is 2.50. The predicted molar refractivity (Wildman–Crippen MR) is 78.2 cm³/mol. The van der Waals surface area contributed by atoms with Crippen LogP contribution >= 0.6 is 0 Å². The molecule has 21 heavy (non-hydrogen) atoms. The fourth-order valence-electron chi connectivity index (χ4n) is 2.32. The van der Waals surface area contributed by atoms with Gasteiger partial charge in [-0.1, -0.05) is 24.3 Å². The Labute approximate surface area is 119 Å². The predicted octanol–water partition coefficient (Wildman–Crippen LogP) is 3.93. The van der Waals surface area contributed by atoms with Crippen LogP contribution in [0.5, 0.6) is 0 Å². The Bertz CT molecular complexity index is 859. The normalized spacial score (nSPS) is 10.8. The summed E-state index contributed by atoms with van der Waals surface area (Å²) in [7, 11) is 0. The third-order valence-electron chi connectivity index (χ3n) is 3.35. The molecule has 2 N–H and O–H groups in total. The van der Waals surface area contributed by atoms with Gasteiger partial charge in [-0.25, -0.2) is 8.78 Å². The number of halogens is 2. The molecule has 0 saturated heterocycles. The van der Waals surface area contributed by atoms with E-state index >= 15 is 0 Å². The third-order valence-corrected chi connectivity index (χ3v) is 3.35. The highest BCUT2D eigenvalue weighted by molar-refractivity contribution is 6.16. The summed E-state index contributed by atoms with van der Waals surface area (Å²) in [6.45, 7) is 0. The summed E-state index contributed by atoms with van der Waals surface area (Å²) in [6.07, 6.45) is 0. The van der Waals surface area contributed by atoms with Crippen molar-refractivity contribution < 1.29 is 13.6 Å². The van der Waals surface area contributed by atoms with Gasteiger partial charge in [0.2, 0.25) is 0 Å². The Morgan fingerprint density at radius 2 is 1.48 bits per heavy atom. The highest BCUT2D eigenvalue weighted by atomic mass is 19.1. The SMILES string of the molecule is Nc1ccc(F)c(C(=O)c2ccc(F)c3ccccc23)c1. The van der Waals surface area contributed by atoms with Gasteiger partial charge in [-0.3, -0.25) is 4.79 Å². The van der Waals surface area contributed by atoms with Crippen LogP contribution < -0.4 is 5.73 Å². The highest BCUT2D eigenvalue weighted by Gasteiger charge is 2.17. The van der Waals surface area contributed by atoms with E-state index in [-0.39, 0.29) is 11.1 Å². The molecule has 0 aliphatic carbocycles. The first-order chi connectivity index (χ1) is 10.1. The zero-order chi connectivity index (χ0) is 15.0. The van der Waals surface area contributed by atoms with E-state index in [1.165, 1.54) is 24.3 Å². The third kappa shape index (κ3) is 2.25. The van der Waals surface area contributed by atoms with Gasteiger partial charge in [-0.2, -0.15) is 0 Å². The monoisotopic (exact) mass is 283 g/mol. The van der Waals surface area contributed by atoms with Crippen molar-refractivity contribution in [2.45, 2.75) is 0 Å². The van der Waals surface area contributed by atoms with Crippen LogP contribution in [0.15, 0.2) is 54.6 Å². The van der Waals surface area contributed by atoms with E-state index in [9.17, 15) is 13.6 Å². The molecule has 3 rings (SSSR count). The quantitative estimate of drug-likeness (QED) is 0.572. The van der Waals surface area contributed by atoms with Crippen molar-refractivity contribution in [3.05, 3.63) is 77.4 Å². The first kappa shape index (κ1) is 13.2. The Morgan fingerprint density at radius 3 is 2.24 bits per heavy atom. The summed E-state index contributed by atoms with van der Waals surface area (Å²) < 4.78 is 27.6. The van der Waals surface area contributed by atoms with Crippen molar-refractivity contribution >= 4 is 22.2 Å². The Morgan fingerprint density at radius 1 is 0.810 bits per heavy atom. The Hall–Kier alpha value is -2.75. The molecular formula is C17H11F2NO. The summed E-state index contributed by atoms with van der Waals surface area (Å²) in [5.74, 6) is -1.59. The lowest BCUT2D eigenvalue weighted by molar-refractivity contribution is 0.103. The smallest absolute Gasteiger partial charge is 0.196 e. The van der Waals surface area contributed by atoms with Crippen molar-refractivity contribution in [3.63, 3.8) is 0 Å². The van der Waals surface area contributed by atoms with Gasteiger partial charge in [0.05, 0.1) is 5.56 Å². The largest absolute Gasteiger partial charge is 0.399 e. The van der Waals surface area contributed by atoms with E-state index in [0.29, 0.717) is 16.5 Å². The summed E-state index contributed by atoms with van der Waals surface area (Å²) >= 11 is 0. The maximum Gasteiger partial charge on any atom is 0.196 e. The van der Waals surface area contributed by atoms with Gasteiger partial charge >= 0.3 is 0 Å². The minimum Gasteiger partial charge on any atom is -0.399 e. The molecule has 0 atom stereocenters. The van der Waals surface area contributed by atoms with Gasteiger partial charge < -0.3 is 5.73 Å². The molecule has 3 aromatic rings. The number of nitrogen functional groups attached to an aromatic ring is 1. The molecule has 2 nitrogen and oxygen atoms in total. The van der Waals surface area contributed by atoms with Crippen molar-refractivity contribution in [2.24, 2.45) is 0 Å². The van der Waals surface area contributed by atoms with Gasteiger partial charge in [0.1, 0.15) is 11.6 Å². The van der Waals surface area contributed by atoms with Crippen LogP contribution in [0.25, 0.3) is 10.8 Å². The number of nitrogens with two attached hydrogens (primary N) is 1. The molecule has 0 unspecified atom stereocenters. The molecule has 0 radical (unpaired) electrons. The van der Waals surface area contributed by atoms with Gasteiger partial charge in [0.25, 0.3) is 0 Å². The van der Waals surface area contributed by atoms with Crippen LogP contribution in [0.4, 0.5) is 14.5 Å². The fraction of sp³-hybridized carbons (Fsp3) is 0. The standard InChI is InChI=1S/C17H11F2NO/c18-15-8-6-13(11-3-1-2-4-12(11)15)17(21)14-9-10(20)5-7-16(14)19/h1-9H,20H2. The van der Waals surface area contributed by atoms with E-state index in [1.807, 2.05) is 0 Å². The Kier molecular flexibility index (Phi) is 3.14. The van der Waals surface area contributed by atoms with Crippen LogP contribution in [0.1, 0.15) is 15.9 Å². The number of hydrogen-bond donors (Lipinski definition) is 1. The number of fused-ring (bicyclic) bond motifs is 1. The van der Waals surface area contributed by atoms with Crippen LogP contribution in [-0.4, -0.2) is 5.78 Å². The first-order valence-corrected chi connectivity index (χ1v) is 6.35. The number of rotatable bonds is 2. The summed E-state index contributed by atoms with van der Waals surface area (Å²) in [5, 5.41) is 0.775. The topological polar surface area (TPSA) is 43.1 Å². The molecule has 0 aromatic heterocycles. The Balaban J connectivity index is 2.23. The van der Waals surface area contributed by atoms with Crippen molar-refractivity contribution in [1.82, 2.24) is 0 Å². The number of carbonyl (C=O) groups is 1. The number of hydrogen-bond acceptors (Lipinski definition) is 2. The number of benzene rings is 3. The van der Waals surface area contributed by atoms with Crippen LogP contribution in [0, 0.1) is 11.6 Å². The summed E-state index contributed by atoms with van der Waals surface area (Å²) in [6, 6.07) is 13.0. The number of carbonyl (C=O) groups excluding carboxylic acids is 1. The molecule has 0 saturated carbocycles. The van der Waals surface area contributed by atoms with E-state index in [2.05, 4.69) is 0 Å². The molecule has 4 heteroatoms. The molecule has 104 valence electrons. The summed E-state index contributed by atoms with van der Waals surface area (Å²) in [4.78, 5) is 12.5. The van der Waals surface area contributed by atoms with Crippen molar-refractivity contribution in [3.8, 4) is 0 Å². The molecule has 0 fully saturated rings. The van der Waals surface area contributed by atoms with Gasteiger partial charge in [0.15, 0.2) is 5.78 Å². The lowest BCUT2D eigenvalue weighted by Gasteiger charge is -2.08. The van der Waals surface area contributed by atoms with E-state index < -0.39 is 17.4 Å².